The lowest BCUT2D eigenvalue weighted by Crippen LogP contribution is -2.29. The number of nitrogens with zero attached hydrogens (tertiary/aromatic N) is 3. The molecule has 2 atom stereocenters. The highest BCUT2D eigenvalue weighted by atomic mass is 16.5. The highest BCUT2D eigenvalue weighted by Crippen LogP contribution is 2.30. The number of fused-ring (bicyclic) bond motifs is 1. The van der Waals surface area contributed by atoms with Gasteiger partial charge in [-0.1, -0.05) is 31.7 Å². The molecule has 1 saturated heterocycles. The number of hydrogen-bond donors (Lipinski definition) is 2. The third kappa shape index (κ3) is 3.21. The quantitative estimate of drug-likeness (QED) is 0.685. The predicted octanol–water partition coefficient (Wildman–Crippen LogP) is 1.72. The average molecular weight is 365 g/mol. The maximum atomic E-state index is 11.9. The molecule has 1 aromatic carbocycles. The van der Waals surface area contributed by atoms with Crippen LogP contribution in [0.25, 0.3) is 22.3 Å². The van der Waals surface area contributed by atoms with E-state index in [-0.39, 0.29) is 17.9 Å². The fourth-order valence-electron chi connectivity index (χ4n) is 3.31. The second kappa shape index (κ2) is 6.71. The van der Waals surface area contributed by atoms with Crippen LogP contribution in [0.3, 0.4) is 0 Å². The van der Waals surface area contributed by atoms with E-state index in [1.54, 1.807) is 4.90 Å². The second-order valence-corrected chi connectivity index (χ2v) is 6.64. The number of rotatable bonds is 4. The van der Waals surface area contributed by atoms with E-state index >= 15 is 0 Å². The molecule has 27 heavy (non-hydrogen) atoms. The summed E-state index contributed by atoms with van der Waals surface area (Å²) in [7, 11) is 0. The van der Waals surface area contributed by atoms with Crippen LogP contribution in [-0.4, -0.2) is 50.2 Å². The maximum absolute atomic E-state index is 11.9. The lowest BCUT2D eigenvalue weighted by Gasteiger charge is -2.18. The summed E-state index contributed by atoms with van der Waals surface area (Å²) in [4.78, 5) is 32.2. The molecule has 0 bridgehead atoms. The molecule has 3 heterocycles. The first-order valence-electron chi connectivity index (χ1n) is 8.68. The van der Waals surface area contributed by atoms with Gasteiger partial charge in [0.05, 0.1) is 6.54 Å². The van der Waals surface area contributed by atoms with E-state index in [0.717, 1.165) is 10.8 Å². The molecule has 0 saturated carbocycles. The minimum absolute atomic E-state index is 0.103. The standard InChI is InChI=1S/C19H19N5O3/c1-3-16(25)24-9-11(2)15(10-24)27-18-13-7-5-4-6-12(13)8-14(20-18)17-21-19(26)23-22-17/h3-8,11,15H,1,9-10H2,2H3,(H2,21,22,23,26). The molecule has 0 radical (unpaired) electrons. The Hall–Kier alpha value is -3.42. The molecule has 1 amide bonds. The number of nitrogens with one attached hydrogen (secondary N) is 2. The number of carbonyl (C=O) groups is 1. The average Bonchev–Trinajstić information content (AvgIpc) is 3.27. The summed E-state index contributed by atoms with van der Waals surface area (Å²) in [6.07, 6.45) is 1.13. The first-order valence-corrected chi connectivity index (χ1v) is 8.68. The first-order chi connectivity index (χ1) is 13.0. The van der Waals surface area contributed by atoms with Crippen LogP contribution in [0.5, 0.6) is 5.88 Å². The zero-order valence-corrected chi connectivity index (χ0v) is 14.8. The van der Waals surface area contributed by atoms with E-state index in [1.165, 1.54) is 6.08 Å². The number of aromatic nitrogens is 4. The van der Waals surface area contributed by atoms with Crippen molar-refractivity contribution in [2.75, 3.05) is 13.1 Å². The highest BCUT2D eigenvalue weighted by molar-refractivity contribution is 5.89. The van der Waals surface area contributed by atoms with Crippen molar-refractivity contribution in [3.63, 3.8) is 0 Å². The predicted molar refractivity (Wildman–Crippen MR) is 100 cm³/mol. The highest BCUT2D eigenvalue weighted by Gasteiger charge is 2.33. The molecule has 2 unspecified atom stereocenters. The van der Waals surface area contributed by atoms with Gasteiger partial charge < -0.3 is 9.64 Å². The number of amides is 1. The van der Waals surface area contributed by atoms with Gasteiger partial charge in [0.2, 0.25) is 11.8 Å². The lowest BCUT2D eigenvalue weighted by molar-refractivity contribution is -0.125. The number of hydrogen-bond acceptors (Lipinski definition) is 5. The summed E-state index contributed by atoms with van der Waals surface area (Å²) in [6, 6.07) is 9.56. The fourth-order valence-corrected chi connectivity index (χ4v) is 3.31. The van der Waals surface area contributed by atoms with Crippen LogP contribution in [0.2, 0.25) is 0 Å². The Labute approximate surface area is 154 Å². The third-order valence-corrected chi connectivity index (χ3v) is 4.74. The van der Waals surface area contributed by atoms with E-state index in [2.05, 4.69) is 26.7 Å². The summed E-state index contributed by atoms with van der Waals surface area (Å²) >= 11 is 0. The third-order valence-electron chi connectivity index (χ3n) is 4.74. The number of ether oxygens (including phenoxy) is 1. The SMILES string of the molecule is C=CC(=O)N1CC(C)C(Oc2nc(-c3n[nH]c(=O)[nH]3)cc3ccccc23)C1. The Balaban J connectivity index is 1.71. The van der Waals surface area contributed by atoms with Gasteiger partial charge in [0.1, 0.15) is 11.8 Å². The second-order valence-electron chi connectivity index (χ2n) is 6.64. The van der Waals surface area contributed by atoms with Gasteiger partial charge in [-0.05, 0) is 23.6 Å². The monoisotopic (exact) mass is 365 g/mol. The number of carbonyl (C=O) groups excluding carboxylic acids is 1. The molecule has 8 nitrogen and oxygen atoms in total. The van der Waals surface area contributed by atoms with Crippen molar-refractivity contribution in [1.82, 2.24) is 25.1 Å². The van der Waals surface area contributed by atoms with Crippen molar-refractivity contribution in [2.45, 2.75) is 13.0 Å². The fraction of sp³-hybridized carbons (Fsp3) is 0.263. The van der Waals surface area contributed by atoms with Gasteiger partial charge in [0.25, 0.3) is 0 Å². The summed E-state index contributed by atoms with van der Waals surface area (Å²) in [5, 5.41) is 8.08. The van der Waals surface area contributed by atoms with Gasteiger partial charge in [-0.15, -0.1) is 0 Å². The molecule has 0 spiro atoms. The largest absolute Gasteiger partial charge is 0.472 e. The normalized spacial score (nSPS) is 19.4. The number of pyridine rings is 1. The van der Waals surface area contributed by atoms with Crippen LogP contribution in [0.4, 0.5) is 0 Å². The van der Waals surface area contributed by atoms with Gasteiger partial charge >= 0.3 is 5.69 Å². The van der Waals surface area contributed by atoms with Crippen molar-refractivity contribution in [3.8, 4) is 17.4 Å². The van der Waals surface area contributed by atoms with E-state index in [9.17, 15) is 9.59 Å². The molecular formula is C19H19N5O3. The Bertz CT molecular complexity index is 1070. The van der Waals surface area contributed by atoms with Gasteiger partial charge in [-0.2, -0.15) is 5.10 Å². The maximum Gasteiger partial charge on any atom is 0.340 e. The zero-order valence-electron chi connectivity index (χ0n) is 14.8. The van der Waals surface area contributed by atoms with Gasteiger partial charge in [-0.25, -0.2) is 14.9 Å². The lowest BCUT2D eigenvalue weighted by atomic mass is 10.1. The summed E-state index contributed by atoms with van der Waals surface area (Å²) in [5.74, 6) is 0.854. The number of aromatic amines is 2. The molecule has 138 valence electrons. The minimum atomic E-state index is -0.398. The molecule has 2 N–H and O–H groups in total. The molecule has 3 aromatic rings. The Morgan fingerprint density at radius 3 is 2.93 bits per heavy atom. The van der Waals surface area contributed by atoms with Crippen molar-refractivity contribution >= 4 is 16.7 Å². The van der Waals surface area contributed by atoms with Crippen LogP contribution >= 0.6 is 0 Å². The Morgan fingerprint density at radius 2 is 2.19 bits per heavy atom. The van der Waals surface area contributed by atoms with Gasteiger partial charge in [0.15, 0.2) is 5.82 Å². The molecular weight excluding hydrogens is 346 g/mol. The number of likely N-dealkylation sites (tertiary alicyclic amines) is 1. The van der Waals surface area contributed by atoms with E-state index < -0.39 is 5.69 Å². The molecule has 4 rings (SSSR count). The van der Waals surface area contributed by atoms with Crippen molar-refractivity contribution in [1.29, 1.82) is 0 Å². The molecule has 1 fully saturated rings. The smallest absolute Gasteiger partial charge is 0.340 e. The van der Waals surface area contributed by atoms with Crippen molar-refractivity contribution in [2.24, 2.45) is 5.92 Å². The van der Waals surface area contributed by atoms with Crippen LogP contribution in [-0.2, 0) is 4.79 Å². The van der Waals surface area contributed by atoms with E-state index in [1.807, 2.05) is 37.3 Å². The van der Waals surface area contributed by atoms with Crippen LogP contribution in [0, 0.1) is 5.92 Å². The van der Waals surface area contributed by atoms with E-state index in [0.29, 0.717) is 30.5 Å². The Morgan fingerprint density at radius 1 is 1.37 bits per heavy atom. The van der Waals surface area contributed by atoms with Crippen LogP contribution in [0.15, 0.2) is 47.8 Å². The minimum Gasteiger partial charge on any atom is -0.472 e. The van der Waals surface area contributed by atoms with Crippen molar-refractivity contribution < 1.29 is 9.53 Å². The first kappa shape index (κ1) is 17.0. The molecule has 0 aliphatic carbocycles. The van der Waals surface area contributed by atoms with E-state index in [4.69, 9.17) is 4.74 Å². The molecule has 2 aromatic heterocycles. The summed E-state index contributed by atoms with van der Waals surface area (Å²) < 4.78 is 6.23. The van der Waals surface area contributed by atoms with Crippen LogP contribution in [0.1, 0.15) is 6.92 Å². The van der Waals surface area contributed by atoms with Gasteiger partial charge in [0, 0.05) is 17.8 Å². The molecule has 1 aliphatic heterocycles. The van der Waals surface area contributed by atoms with Crippen molar-refractivity contribution in [3.05, 3.63) is 53.5 Å². The van der Waals surface area contributed by atoms with Gasteiger partial charge in [-0.3, -0.25) is 9.78 Å². The number of benzene rings is 1. The summed E-state index contributed by atoms with van der Waals surface area (Å²) in [6.45, 7) is 6.67. The summed E-state index contributed by atoms with van der Waals surface area (Å²) in [5.41, 5.74) is 0.108. The topological polar surface area (TPSA) is 104 Å². The molecule has 1 aliphatic rings. The number of H-pyrrole nitrogens is 2. The Kier molecular flexibility index (Phi) is 4.23. The zero-order chi connectivity index (χ0) is 19.0. The molecule has 8 heteroatoms. The van der Waals surface area contributed by atoms with Crippen LogP contribution < -0.4 is 10.4 Å².